The second-order valence-corrected chi connectivity index (χ2v) is 7.48. The lowest BCUT2D eigenvalue weighted by Gasteiger charge is -2.07. The molecule has 19 heavy (non-hydrogen) atoms. The maximum absolute atomic E-state index is 13.6. The van der Waals surface area contributed by atoms with E-state index in [-0.39, 0.29) is 20.7 Å². The number of thiazole rings is 1. The molecule has 2 aromatic rings. The Morgan fingerprint density at radius 2 is 2.16 bits per heavy atom. The highest BCUT2D eigenvalue weighted by Gasteiger charge is 2.22. The zero-order valence-corrected chi connectivity index (χ0v) is 12.9. The van der Waals surface area contributed by atoms with Crippen LogP contribution in [0, 0.1) is 12.7 Å². The van der Waals surface area contributed by atoms with Gasteiger partial charge in [-0.1, -0.05) is 27.3 Å². The van der Waals surface area contributed by atoms with Crippen molar-refractivity contribution in [2.45, 2.75) is 11.1 Å². The minimum Gasteiger partial charge on any atom is -0.375 e. The highest BCUT2D eigenvalue weighted by atomic mass is 79.9. The van der Waals surface area contributed by atoms with Gasteiger partial charge in [0.25, 0.3) is 10.0 Å². The van der Waals surface area contributed by atoms with Crippen LogP contribution in [0.15, 0.2) is 26.9 Å². The number of nitrogens with two attached hydrogens (primary N) is 1. The van der Waals surface area contributed by atoms with Crippen molar-refractivity contribution in [3.8, 4) is 0 Å². The number of nitrogen functional groups attached to an aromatic ring is 1. The van der Waals surface area contributed by atoms with Crippen molar-refractivity contribution in [1.29, 1.82) is 0 Å². The number of hydrogen-bond acceptors (Lipinski definition) is 5. The molecule has 2 rings (SSSR count). The fourth-order valence-corrected chi connectivity index (χ4v) is 4.12. The topological polar surface area (TPSA) is 85.1 Å². The summed E-state index contributed by atoms with van der Waals surface area (Å²) in [6.45, 7) is 1.53. The molecule has 0 saturated carbocycles. The van der Waals surface area contributed by atoms with Crippen molar-refractivity contribution in [3.05, 3.63) is 34.2 Å². The smallest absolute Gasteiger partial charge is 0.273 e. The molecule has 0 aliphatic carbocycles. The molecule has 3 N–H and O–H groups in total. The number of halogens is 2. The Balaban J connectivity index is 2.39. The van der Waals surface area contributed by atoms with Gasteiger partial charge >= 0.3 is 0 Å². The average Bonchev–Trinajstić information content (AvgIpc) is 2.63. The number of aryl methyl sites for hydroxylation is 1. The van der Waals surface area contributed by atoms with E-state index in [2.05, 4.69) is 25.6 Å². The number of rotatable bonds is 3. The predicted octanol–water partition coefficient (Wildman–Crippen LogP) is 2.74. The SMILES string of the molecule is Cc1nc(N)sc1S(=O)(=O)Nc1ccc(Br)cc1F. The zero-order chi connectivity index (χ0) is 14.2. The van der Waals surface area contributed by atoms with Gasteiger partial charge in [-0.05, 0) is 25.1 Å². The highest BCUT2D eigenvalue weighted by Crippen LogP contribution is 2.28. The van der Waals surface area contributed by atoms with E-state index in [0.29, 0.717) is 4.47 Å². The van der Waals surface area contributed by atoms with Crippen molar-refractivity contribution >= 4 is 48.1 Å². The Kier molecular flexibility index (Phi) is 3.79. The summed E-state index contributed by atoms with van der Waals surface area (Å²) in [5, 5.41) is 0.147. The molecule has 0 fully saturated rings. The molecule has 1 heterocycles. The van der Waals surface area contributed by atoms with Crippen LogP contribution in [0.1, 0.15) is 5.69 Å². The Bertz CT molecular complexity index is 730. The van der Waals surface area contributed by atoms with E-state index in [1.165, 1.54) is 25.1 Å². The molecule has 0 unspecified atom stereocenters. The van der Waals surface area contributed by atoms with Crippen LogP contribution in [0.5, 0.6) is 0 Å². The molecular formula is C10H9BrFN3O2S2. The van der Waals surface area contributed by atoms with Gasteiger partial charge in [0, 0.05) is 4.47 Å². The van der Waals surface area contributed by atoms with Gasteiger partial charge in [0.05, 0.1) is 11.4 Å². The Hall–Kier alpha value is -1.19. The van der Waals surface area contributed by atoms with Gasteiger partial charge in [0.15, 0.2) is 9.34 Å². The molecule has 9 heteroatoms. The van der Waals surface area contributed by atoms with Crippen molar-refractivity contribution in [2.75, 3.05) is 10.5 Å². The fraction of sp³-hybridized carbons (Fsp3) is 0.100. The average molecular weight is 366 g/mol. The van der Waals surface area contributed by atoms with Crippen LogP contribution < -0.4 is 10.5 Å². The molecule has 0 bridgehead atoms. The van der Waals surface area contributed by atoms with E-state index in [9.17, 15) is 12.8 Å². The number of nitrogens with zero attached hydrogens (tertiary/aromatic N) is 1. The van der Waals surface area contributed by atoms with Gasteiger partial charge < -0.3 is 5.73 Å². The largest absolute Gasteiger partial charge is 0.375 e. The second kappa shape index (κ2) is 5.06. The summed E-state index contributed by atoms with van der Waals surface area (Å²) in [4.78, 5) is 3.83. The lowest BCUT2D eigenvalue weighted by atomic mass is 10.3. The third-order valence-electron chi connectivity index (χ3n) is 2.19. The number of benzene rings is 1. The summed E-state index contributed by atoms with van der Waals surface area (Å²) in [6.07, 6.45) is 0. The Labute approximate surface area is 121 Å². The molecule has 5 nitrogen and oxygen atoms in total. The number of nitrogens with one attached hydrogen (secondary N) is 1. The summed E-state index contributed by atoms with van der Waals surface area (Å²) in [5.74, 6) is -0.673. The minimum absolute atomic E-state index is 0.0210. The van der Waals surface area contributed by atoms with Gasteiger partial charge in [0.2, 0.25) is 0 Å². The van der Waals surface area contributed by atoms with Crippen LogP contribution in [-0.2, 0) is 10.0 Å². The molecular weight excluding hydrogens is 357 g/mol. The summed E-state index contributed by atoms with van der Waals surface area (Å²) in [7, 11) is -3.89. The Morgan fingerprint density at radius 1 is 1.47 bits per heavy atom. The third kappa shape index (κ3) is 3.04. The summed E-state index contributed by atoms with van der Waals surface area (Å²) in [6, 6.07) is 4.04. The van der Waals surface area contributed by atoms with Crippen molar-refractivity contribution < 1.29 is 12.8 Å². The molecule has 0 radical (unpaired) electrons. The fourth-order valence-electron chi connectivity index (χ4n) is 1.42. The van der Waals surface area contributed by atoms with Crippen LogP contribution in [0.4, 0.5) is 15.2 Å². The normalized spacial score (nSPS) is 11.5. The predicted molar refractivity (Wildman–Crippen MR) is 76.2 cm³/mol. The number of anilines is 2. The molecule has 1 aromatic heterocycles. The molecule has 0 saturated heterocycles. The van der Waals surface area contributed by atoms with Crippen LogP contribution in [0.3, 0.4) is 0 Å². The number of aromatic nitrogens is 1. The first-order chi connectivity index (χ1) is 8.79. The van der Waals surface area contributed by atoms with Gasteiger partial charge in [-0.2, -0.15) is 0 Å². The maximum atomic E-state index is 13.6. The van der Waals surface area contributed by atoms with E-state index in [1.807, 2.05) is 0 Å². The number of sulfonamides is 1. The quantitative estimate of drug-likeness (QED) is 0.875. The first-order valence-electron chi connectivity index (χ1n) is 5.00. The van der Waals surface area contributed by atoms with E-state index >= 15 is 0 Å². The van der Waals surface area contributed by atoms with Gasteiger partial charge in [-0.15, -0.1) is 0 Å². The zero-order valence-electron chi connectivity index (χ0n) is 9.65. The van der Waals surface area contributed by atoms with Crippen molar-refractivity contribution in [3.63, 3.8) is 0 Å². The van der Waals surface area contributed by atoms with Gasteiger partial charge in [-0.3, -0.25) is 4.72 Å². The molecule has 0 atom stereocenters. The second-order valence-electron chi connectivity index (χ2n) is 3.65. The first-order valence-corrected chi connectivity index (χ1v) is 8.09. The monoisotopic (exact) mass is 365 g/mol. The summed E-state index contributed by atoms with van der Waals surface area (Å²) >= 11 is 3.93. The molecule has 102 valence electrons. The molecule has 0 aliphatic rings. The lowest BCUT2D eigenvalue weighted by Crippen LogP contribution is -2.13. The first kappa shape index (κ1) is 14.2. The minimum atomic E-state index is -3.89. The standard InChI is InChI=1S/C10H9BrFN3O2S2/c1-5-9(18-10(13)14-5)19(16,17)15-8-3-2-6(11)4-7(8)12/h2-4,15H,1H3,(H2,13,14). The van der Waals surface area contributed by atoms with Crippen molar-refractivity contribution in [2.24, 2.45) is 0 Å². The van der Waals surface area contributed by atoms with Gasteiger partial charge in [0.1, 0.15) is 5.82 Å². The van der Waals surface area contributed by atoms with E-state index in [4.69, 9.17) is 5.73 Å². The third-order valence-corrected chi connectivity index (χ3v) is 5.65. The van der Waals surface area contributed by atoms with E-state index < -0.39 is 15.8 Å². The number of hydrogen-bond donors (Lipinski definition) is 2. The molecule has 1 aromatic carbocycles. The van der Waals surface area contributed by atoms with Crippen LogP contribution in [0.2, 0.25) is 0 Å². The van der Waals surface area contributed by atoms with Gasteiger partial charge in [-0.25, -0.2) is 17.8 Å². The lowest BCUT2D eigenvalue weighted by molar-refractivity contribution is 0.599. The van der Waals surface area contributed by atoms with E-state index in [0.717, 1.165) is 11.3 Å². The molecule has 0 amide bonds. The summed E-state index contributed by atoms with van der Waals surface area (Å²) in [5.41, 5.74) is 5.61. The highest BCUT2D eigenvalue weighted by molar-refractivity contribution is 9.10. The van der Waals surface area contributed by atoms with E-state index in [1.54, 1.807) is 0 Å². The van der Waals surface area contributed by atoms with Crippen LogP contribution >= 0.6 is 27.3 Å². The Morgan fingerprint density at radius 3 is 2.68 bits per heavy atom. The van der Waals surface area contributed by atoms with Crippen LogP contribution in [0.25, 0.3) is 0 Å². The summed E-state index contributed by atoms with van der Waals surface area (Å²) < 4.78 is 40.5. The molecule has 0 aliphatic heterocycles. The molecule has 0 spiro atoms. The maximum Gasteiger partial charge on any atom is 0.273 e. The van der Waals surface area contributed by atoms with Crippen molar-refractivity contribution in [1.82, 2.24) is 4.98 Å². The van der Waals surface area contributed by atoms with Crippen LogP contribution in [-0.4, -0.2) is 13.4 Å².